The first-order valence-electron chi connectivity index (χ1n) is 4.75. The van der Waals surface area contributed by atoms with Gasteiger partial charge in [0.1, 0.15) is 6.61 Å². The summed E-state index contributed by atoms with van der Waals surface area (Å²) in [6.45, 7) is 1.99. The Bertz CT molecular complexity index is 322. The van der Waals surface area contributed by atoms with E-state index in [1.165, 1.54) is 0 Å². The third-order valence-corrected chi connectivity index (χ3v) is 2.18. The molecule has 0 aliphatic rings. The van der Waals surface area contributed by atoms with Gasteiger partial charge in [-0.2, -0.15) is 12.6 Å². The zero-order chi connectivity index (χ0) is 11.3. The van der Waals surface area contributed by atoms with Crippen LogP contribution in [-0.2, 0) is 16.1 Å². The van der Waals surface area contributed by atoms with E-state index in [0.29, 0.717) is 6.61 Å². The molecule has 1 aromatic rings. The molecule has 0 radical (unpaired) electrons. The minimum Gasteiger partial charge on any atom is -0.460 e. The lowest BCUT2D eigenvalue weighted by atomic mass is 10.2. The molecule has 1 N–H and O–H groups in total. The van der Waals surface area contributed by atoms with E-state index in [4.69, 9.17) is 4.74 Å². The van der Waals surface area contributed by atoms with E-state index in [0.717, 1.165) is 11.3 Å². The molecule has 0 spiro atoms. The fourth-order valence-electron chi connectivity index (χ4n) is 1.04. The van der Waals surface area contributed by atoms with Crippen LogP contribution in [0.1, 0.15) is 12.5 Å². The van der Waals surface area contributed by atoms with Crippen LogP contribution in [0.4, 0.5) is 5.69 Å². The second-order valence-electron chi connectivity index (χ2n) is 3.23. The van der Waals surface area contributed by atoms with Gasteiger partial charge in [-0.25, -0.2) is 0 Å². The van der Waals surface area contributed by atoms with Crippen LogP contribution in [0.2, 0.25) is 0 Å². The van der Waals surface area contributed by atoms with Gasteiger partial charge in [0.15, 0.2) is 0 Å². The van der Waals surface area contributed by atoms with Crippen molar-refractivity contribution in [3.63, 3.8) is 0 Å². The van der Waals surface area contributed by atoms with E-state index in [1.807, 2.05) is 31.3 Å². The number of benzene rings is 1. The minimum absolute atomic E-state index is 0.295. The van der Waals surface area contributed by atoms with Crippen LogP contribution in [-0.4, -0.2) is 18.3 Å². The molecule has 0 aliphatic heterocycles. The first kappa shape index (κ1) is 11.9. The summed E-state index contributed by atoms with van der Waals surface area (Å²) in [7, 11) is 1.86. The molecule has 1 atom stereocenters. The van der Waals surface area contributed by atoms with Gasteiger partial charge in [-0.3, -0.25) is 4.79 Å². The van der Waals surface area contributed by atoms with Gasteiger partial charge in [0.2, 0.25) is 0 Å². The Morgan fingerprint density at radius 1 is 1.47 bits per heavy atom. The minimum atomic E-state index is -0.374. The molecular weight excluding hydrogens is 210 g/mol. The molecule has 1 unspecified atom stereocenters. The molecule has 0 aliphatic carbocycles. The number of hydrogen-bond donors (Lipinski definition) is 2. The summed E-state index contributed by atoms with van der Waals surface area (Å²) in [4.78, 5) is 11.1. The molecule has 0 heterocycles. The van der Waals surface area contributed by atoms with Crippen molar-refractivity contribution in [3.05, 3.63) is 29.8 Å². The summed E-state index contributed by atoms with van der Waals surface area (Å²) in [6.07, 6.45) is 0. The maximum Gasteiger partial charge on any atom is 0.318 e. The van der Waals surface area contributed by atoms with Crippen molar-refractivity contribution in [2.75, 3.05) is 12.4 Å². The number of carbonyl (C=O) groups excluding carboxylic acids is 1. The summed E-state index contributed by atoms with van der Waals surface area (Å²) in [5.41, 5.74) is 2.00. The van der Waals surface area contributed by atoms with Gasteiger partial charge in [0, 0.05) is 12.7 Å². The van der Waals surface area contributed by atoms with Crippen molar-refractivity contribution in [3.8, 4) is 0 Å². The second kappa shape index (κ2) is 5.66. The number of anilines is 1. The zero-order valence-corrected chi connectivity index (χ0v) is 9.75. The van der Waals surface area contributed by atoms with Crippen LogP contribution in [0.25, 0.3) is 0 Å². The molecule has 1 rings (SSSR count). The number of thiol groups is 1. The molecule has 82 valence electrons. The number of rotatable bonds is 4. The molecule has 1 aromatic carbocycles. The average molecular weight is 225 g/mol. The van der Waals surface area contributed by atoms with E-state index in [9.17, 15) is 4.79 Å². The lowest BCUT2D eigenvalue weighted by Crippen LogP contribution is -2.14. The van der Waals surface area contributed by atoms with Crippen molar-refractivity contribution in [2.24, 2.45) is 0 Å². The fourth-order valence-corrected chi connectivity index (χ4v) is 1.12. The molecule has 0 saturated carbocycles. The number of hydrogen-bond acceptors (Lipinski definition) is 4. The quantitative estimate of drug-likeness (QED) is 0.608. The first-order chi connectivity index (χ1) is 7.13. The van der Waals surface area contributed by atoms with Gasteiger partial charge in [0.25, 0.3) is 0 Å². The maximum absolute atomic E-state index is 11.1. The van der Waals surface area contributed by atoms with E-state index in [-0.39, 0.29) is 11.2 Å². The van der Waals surface area contributed by atoms with Crippen molar-refractivity contribution < 1.29 is 9.53 Å². The number of ether oxygens (including phenoxy) is 1. The van der Waals surface area contributed by atoms with Gasteiger partial charge in [-0.1, -0.05) is 12.1 Å². The summed E-state index contributed by atoms with van der Waals surface area (Å²) >= 11 is 3.99. The largest absolute Gasteiger partial charge is 0.460 e. The Hall–Kier alpha value is -1.16. The molecule has 0 fully saturated rings. The predicted octanol–water partition coefficient (Wildman–Crippen LogP) is 2.09. The van der Waals surface area contributed by atoms with Gasteiger partial charge < -0.3 is 10.1 Å². The van der Waals surface area contributed by atoms with Crippen LogP contribution in [0.3, 0.4) is 0 Å². The highest BCUT2D eigenvalue weighted by molar-refractivity contribution is 7.81. The SMILES string of the molecule is CNc1ccc(COC(=O)C(C)S)cc1. The van der Waals surface area contributed by atoms with Crippen molar-refractivity contribution in [1.29, 1.82) is 0 Å². The summed E-state index contributed by atoms with van der Waals surface area (Å²) in [5, 5.41) is 2.64. The van der Waals surface area contributed by atoms with E-state index < -0.39 is 0 Å². The summed E-state index contributed by atoms with van der Waals surface area (Å²) < 4.78 is 5.03. The fraction of sp³-hybridized carbons (Fsp3) is 0.364. The monoisotopic (exact) mass is 225 g/mol. The van der Waals surface area contributed by atoms with Crippen LogP contribution in [0.5, 0.6) is 0 Å². The molecule has 0 aromatic heterocycles. The zero-order valence-electron chi connectivity index (χ0n) is 8.86. The number of nitrogens with one attached hydrogen (secondary N) is 1. The topological polar surface area (TPSA) is 38.3 Å². The molecule has 15 heavy (non-hydrogen) atoms. The highest BCUT2D eigenvalue weighted by atomic mass is 32.1. The van der Waals surface area contributed by atoms with Gasteiger partial charge in [0.05, 0.1) is 5.25 Å². The Labute approximate surface area is 95.2 Å². The normalized spacial score (nSPS) is 11.9. The smallest absolute Gasteiger partial charge is 0.318 e. The van der Waals surface area contributed by atoms with Crippen LogP contribution in [0.15, 0.2) is 24.3 Å². The Morgan fingerprint density at radius 2 is 2.07 bits per heavy atom. The molecule has 0 saturated heterocycles. The van der Waals surface area contributed by atoms with E-state index in [2.05, 4.69) is 17.9 Å². The highest BCUT2D eigenvalue weighted by Crippen LogP contribution is 2.10. The van der Waals surface area contributed by atoms with Gasteiger partial charge >= 0.3 is 5.97 Å². The first-order valence-corrected chi connectivity index (χ1v) is 5.26. The third kappa shape index (κ3) is 3.83. The lowest BCUT2D eigenvalue weighted by Gasteiger charge is -2.07. The van der Waals surface area contributed by atoms with Crippen LogP contribution >= 0.6 is 12.6 Å². The maximum atomic E-state index is 11.1. The van der Waals surface area contributed by atoms with Gasteiger partial charge in [-0.05, 0) is 24.6 Å². The Morgan fingerprint density at radius 3 is 2.53 bits per heavy atom. The predicted molar refractivity (Wildman–Crippen MR) is 64.2 cm³/mol. The molecule has 0 bridgehead atoms. The van der Waals surface area contributed by atoms with Crippen molar-refractivity contribution >= 4 is 24.3 Å². The van der Waals surface area contributed by atoms with Crippen LogP contribution < -0.4 is 5.32 Å². The van der Waals surface area contributed by atoms with Crippen LogP contribution in [0, 0.1) is 0 Å². The van der Waals surface area contributed by atoms with Gasteiger partial charge in [-0.15, -0.1) is 0 Å². The van der Waals surface area contributed by atoms with Crippen molar-refractivity contribution in [2.45, 2.75) is 18.8 Å². The molecule has 4 heteroatoms. The van der Waals surface area contributed by atoms with E-state index in [1.54, 1.807) is 6.92 Å². The Balaban J connectivity index is 2.47. The summed E-state index contributed by atoms with van der Waals surface area (Å²) in [6, 6.07) is 7.71. The lowest BCUT2D eigenvalue weighted by molar-refractivity contribution is -0.143. The standard InChI is InChI=1S/C11H15NO2S/c1-8(15)11(13)14-7-9-3-5-10(12-2)6-4-9/h3-6,8,12,15H,7H2,1-2H3. The third-order valence-electron chi connectivity index (χ3n) is 1.96. The molecule has 0 amide bonds. The Kier molecular flexibility index (Phi) is 4.49. The molecular formula is C11H15NO2S. The summed E-state index contributed by atoms with van der Waals surface area (Å²) in [5.74, 6) is -0.295. The molecule has 3 nitrogen and oxygen atoms in total. The highest BCUT2D eigenvalue weighted by Gasteiger charge is 2.08. The van der Waals surface area contributed by atoms with Crippen molar-refractivity contribution in [1.82, 2.24) is 0 Å². The number of esters is 1. The number of carbonyl (C=O) groups is 1. The van der Waals surface area contributed by atoms with E-state index >= 15 is 0 Å². The average Bonchev–Trinajstić information content (AvgIpc) is 2.26. The second-order valence-corrected chi connectivity index (χ2v) is 4.01.